The average molecular weight is 447 g/mol. The first kappa shape index (κ1) is 21.4. The number of nitrogens with one attached hydrogen (secondary N) is 1. The monoisotopic (exact) mass is 446 g/mol. The number of aromatic nitrogens is 1. The van der Waals surface area contributed by atoms with E-state index in [1.165, 1.54) is 0 Å². The number of thiazole rings is 1. The topological polar surface area (TPSA) is 69.6 Å². The van der Waals surface area contributed by atoms with E-state index >= 15 is 0 Å². The number of amides is 1. The molecule has 0 fully saturated rings. The van der Waals surface area contributed by atoms with Gasteiger partial charge in [-0.2, -0.15) is 0 Å². The zero-order valence-corrected chi connectivity index (χ0v) is 18.5. The van der Waals surface area contributed by atoms with Gasteiger partial charge in [0.25, 0.3) is 5.91 Å². The highest BCUT2D eigenvalue weighted by atomic mass is 32.1. The summed E-state index contributed by atoms with van der Waals surface area (Å²) >= 11 is 0.931. The number of rotatable bonds is 7. The third kappa shape index (κ3) is 4.73. The van der Waals surface area contributed by atoms with E-state index in [1.54, 1.807) is 36.8 Å². The van der Waals surface area contributed by atoms with E-state index in [4.69, 9.17) is 9.47 Å². The molecule has 0 atom stereocenters. The summed E-state index contributed by atoms with van der Waals surface area (Å²) in [6, 6.07) is 24.1. The molecule has 0 aliphatic rings. The Kier molecular flexibility index (Phi) is 6.37. The highest BCUT2D eigenvalue weighted by Gasteiger charge is 2.19. The van der Waals surface area contributed by atoms with Gasteiger partial charge in [-0.15, -0.1) is 0 Å². The molecule has 4 aromatic rings. The molecule has 0 bridgehead atoms. The molecule has 162 valence electrons. The van der Waals surface area contributed by atoms with Crippen molar-refractivity contribution in [1.29, 1.82) is 0 Å². The minimum atomic E-state index is -0.333. The molecule has 6 nitrogen and oxygen atoms in total. The van der Waals surface area contributed by atoms with Gasteiger partial charge in [0.15, 0.2) is 0 Å². The number of methoxy groups -OCH3 is 1. The molecule has 1 aromatic heterocycles. The van der Waals surface area contributed by atoms with Gasteiger partial charge >= 0.3 is 4.87 Å². The molecule has 0 saturated heterocycles. The van der Waals surface area contributed by atoms with Crippen LogP contribution in [0.5, 0.6) is 17.2 Å². The summed E-state index contributed by atoms with van der Waals surface area (Å²) in [4.78, 5) is 25.7. The van der Waals surface area contributed by atoms with Crippen LogP contribution < -0.4 is 19.7 Å². The smallest absolute Gasteiger partial charge is 0.308 e. The second kappa shape index (κ2) is 9.53. The first-order valence-corrected chi connectivity index (χ1v) is 10.8. The summed E-state index contributed by atoms with van der Waals surface area (Å²) in [5, 5.41) is 2.87. The van der Waals surface area contributed by atoms with Gasteiger partial charge in [0, 0.05) is 23.0 Å². The Balaban J connectivity index is 1.53. The lowest BCUT2D eigenvalue weighted by Crippen LogP contribution is -2.17. The van der Waals surface area contributed by atoms with Crippen molar-refractivity contribution >= 4 is 22.9 Å². The van der Waals surface area contributed by atoms with Crippen LogP contribution in [0.1, 0.15) is 20.9 Å². The lowest BCUT2D eigenvalue weighted by Gasteiger charge is -2.11. The van der Waals surface area contributed by atoms with Crippen LogP contribution in [0.15, 0.2) is 83.7 Å². The van der Waals surface area contributed by atoms with E-state index in [9.17, 15) is 9.59 Å². The Morgan fingerprint density at radius 3 is 2.47 bits per heavy atom. The third-order valence-electron chi connectivity index (χ3n) is 4.94. The Labute approximate surface area is 189 Å². The number of hydrogen-bond acceptors (Lipinski definition) is 5. The SMILES string of the molecule is COc1ccccc1Cn1c(C)c(C(=O)Nc2cccc(Oc3ccccc3)c2)sc1=O. The Morgan fingerprint density at radius 2 is 1.69 bits per heavy atom. The lowest BCUT2D eigenvalue weighted by molar-refractivity contribution is 0.102. The van der Waals surface area contributed by atoms with Gasteiger partial charge in [0.2, 0.25) is 0 Å². The normalized spacial score (nSPS) is 10.6. The number of ether oxygens (including phenoxy) is 2. The second-order valence-electron chi connectivity index (χ2n) is 7.08. The predicted octanol–water partition coefficient (Wildman–Crippen LogP) is 5.32. The van der Waals surface area contributed by atoms with Crippen molar-refractivity contribution in [3.8, 4) is 17.2 Å². The number of para-hydroxylation sites is 2. The fraction of sp³-hybridized carbons (Fsp3) is 0.120. The summed E-state index contributed by atoms with van der Waals surface area (Å²) in [5.74, 6) is 1.68. The molecule has 1 heterocycles. The summed E-state index contributed by atoms with van der Waals surface area (Å²) in [6.07, 6.45) is 0. The van der Waals surface area contributed by atoms with Crippen LogP contribution in [-0.2, 0) is 6.54 Å². The minimum absolute atomic E-state index is 0.195. The first-order valence-electron chi connectivity index (χ1n) is 10.0. The maximum Gasteiger partial charge on any atom is 0.308 e. The molecule has 1 amide bonds. The van der Waals surface area contributed by atoms with Gasteiger partial charge in [0.05, 0.1) is 13.7 Å². The molecule has 0 unspecified atom stereocenters. The van der Waals surface area contributed by atoms with Crippen molar-refractivity contribution in [1.82, 2.24) is 4.57 Å². The van der Waals surface area contributed by atoms with Gasteiger partial charge in [-0.05, 0) is 37.3 Å². The Bertz CT molecular complexity index is 1290. The van der Waals surface area contributed by atoms with Crippen LogP contribution in [0.2, 0.25) is 0 Å². The molecule has 32 heavy (non-hydrogen) atoms. The summed E-state index contributed by atoms with van der Waals surface area (Å²) < 4.78 is 12.8. The number of carbonyl (C=O) groups is 1. The summed E-state index contributed by atoms with van der Waals surface area (Å²) in [6.45, 7) is 2.11. The molecule has 0 aliphatic heterocycles. The fourth-order valence-corrected chi connectivity index (χ4v) is 4.21. The first-order chi connectivity index (χ1) is 15.5. The molecule has 1 N–H and O–H groups in total. The van der Waals surface area contributed by atoms with Crippen LogP contribution in [0, 0.1) is 6.92 Å². The van der Waals surface area contributed by atoms with E-state index in [0.29, 0.717) is 40.1 Å². The number of anilines is 1. The van der Waals surface area contributed by atoms with Gasteiger partial charge in [-0.25, -0.2) is 0 Å². The van der Waals surface area contributed by atoms with E-state index in [-0.39, 0.29) is 10.8 Å². The second-order valence-corrected chi connectivity index (χ2v) is 8.04. The molecular weight excluding hydrogens is 424 g/mol. The van der Waals surface area contributed by atoms with Crippen LogP contribution >= 0.6 is 11.3 Å². The zero-order valence-electron chi connectivity index (χ0n) is 17.7. The molecule has 4 rings (SSSR count). The fourth-order valence-electron chi connectivity index (χ4n) is 3.32. The molecule has 0 aliphatic carbocycles. The van der Waals surface area contributed by atoms with Crippen LogP contribution in [0.25, 0.3) is 0 Å². The van der Waals surface area contributed by atoms with Gasteiger partial charge in [-0.3, -0.25) is 14.2 Å². The van der Waals surface area contributed by atoms with Crippen molar-refractivity contribution in [2.45, 2.75) is 13.5 Å². The zero-order chi connectivity index (χ0) is 22.5. The highest BCUT2D eigenvalue weighted by Crippen LogP contribution is 2.25. The standard InChI is InChI=1S/C25H22N2O4S/c1-17-23(32-25(29)27(17)16-18-9-6-7-14-22(18)30-2)24(28)26-19-10-8-13-21(15-19)31-20-11-4-3-5-12-20/h3-15H,16H2,1-2H3,(H,26,28). The summed E-state index contributed by atoms with van der Waals surface area (Å²) in [7, 11) is 1.59. The van der Waals surface area contributed by atoms with Gasteiger partial charge in [0.1, 0.15) is 22.1 Å². The maximum atomic E-state index is 12.9. The molecule has 7 heteroatoms. The van der Waals surface area contributed by atoms with Crippen molar-refractivity contribution in [3.05, 3.63) is 105 Å². The maximum absolute atomic E-state index is 12.9. The predicted molar refractivity (Wildman–Crippen MR) is 126 cm³/mol. The molecule has 3 aromatic carbocycles. The van der Waals surface area contributed by atoms with Crippen LogP contribution in [0.3, 0.4) is 0 Å². The number of carbonyl (C=O) groups excluding carboxylic acids is 1. The van der Waals surface area contributed by atoms with Crippen molar-refractivity contribution in [3.63, 3.8) is 0 Å². The molecule has 0 spiro atoms. The lowest BCUT2D eigenvalue weighted by atomic mass is 10.2. The van der Waals surface area contributed by atoms with Gasteiger partial charge < -0.3 is 14.8 Å². The van der Waals surface area contributed by atoms with E-state index < -0.39 is 0 Å². The van der Waals surface area contributed by atoms with E-state index in [1.807, 2.05) is 60.7 Å². The van der Waals surface area contributed by atoms with Crippen molar-refractivity contribution in [2.24, 2.45) is 0 Å². The molecule has 0 radical (unpaired) electrons. The van der Waals surface area contributed by atoms with Crippen LogP contribution in [0.4, 0.5) is 5.69 Å². The number of nitrogens with zero attached hydrogens (tertiary/aromatic N) is 1. The van der Waals surface area contributed by atoms with E-state index in [0.717, 1.165) is 16.9 Å². The Morgan fingerprint density at radius 1 is 0.969 bits per heavy atom. The largest absolute Gasteiger partial charge is 0.496 e. The van der Waals surface area contributed by atoms with Crippen molar-refractivity contribution < 1.29 is 14.3 Å². The van der Waals surface area contributed by atoms with E-state index in [2.05, 4.69) is 5.32 Å². The highest BCUT2D eigenvalue weighted by molar-refractivity contribution is 7.11. The Hall–Kier alpha value is -3.84. The molecule has 0 saturated carbocycles. The van der Waals surface area contributed by atoms with Gasteiger partial charge in [-0.1, -0.05) is 53.8 Å². The summed E-state index contributed by atoms with van der Waals surface area (Å²) in [5.41, 5.74) is 2.07. The minimum Gasteiger partial charge on any atom is -0.496 e. The van der Waals surface area contributed by atoms with Crippen LogP contribution in [-0.4, -0.2) is 17.6 Å². The van der Waals surface area contributed by atoms with Crippen molar-refractivity contribution in [2.75, 3.05) is 12.4 Å². The third-order valence-corrected chi connectivity index (χ3v) is 6.02. The quantitative estimate of drug-likeness (QED) is 0.417. The molecular formula is C25H22N2O4S. The number of benzene rings is 3. The average Bonchev–Trinajstić information content (AvgIpc) is 3.09. The number of hydrogen-bond donors (Lipinski definition) is 1.